The molecule has 2 aromatic rings. The summed E-state index contributed by atoms with van der Waals surface area (Å²) in [7, 11) is 0. The van der Waals surface area contributed by atoms with Crippen LogP contribution in [0.25, 0.3) is 0 Å². The Morgan fingerprint density at radius 3 is 2.24 bits per heavy atom. The minimum Gasteiger partial charge on any atom is -0.450 e. The van der Waals surface area contributed by atoms with E-state index in [0.29, 0.717) is 49.6 Å². The molecule has 1 N–H and O–H groups in total. The number of nitrogens with zero attached hydrogens (tertiary/aromatic N) is 2. The van der Waals surface area contributed by atoms with Crippen molar-refractivity contribution in [2.75, 3.05) is 38.1 Å². The fraction of sp³-hybridized carbons (Fsp3) is 0.286. The van der Waals surface area contributed by atoms with Gasteiger partial charge in [-0.3, -0.25) is 9.59 Å². The molecule has 0 bridgehead atoms. The summed E-state index contributed by atoms with van der Waals surface area (Å²) in [5, 5.41) is 2.67. The van der Waals surface area contributed by atoms with Gasteiger partial charge in [-0.25, -0.2) is 9.18 Å². The molecule has 2 aromatic carbocycles. The third-order valence-corrected chi connectivity index (χ3v) is 4.57. The smallest absolute Gasteiger partial charge is 0.409 e. The van der Waals surface area contributed by atoms with Crippen LogP contribution in [0.4, 0.5) is 14.9 Å². The molecule has 3 rings (SSSR count). The summed E-state index contributed by atoms with van der Waals surface area (Å²) in [5.74, 6) is -0.984. The van der Waals surface area contributed by atoms with Crippen molar-refractivity contribution in [3.8, 4) is 0 Å². The Bertz CT molecular complexity index is 893. The normalized spacial score (nSPS) is 13.7. The third-order valence-electron chi connectivity index (χ3n) is 4.57. The van der Waals surface area contributed by atoms with Crippen LogP contribution in [-0.2, 0) is 4.74 Å². The van der Waals surface area contributed by atoms with E-state index in [9.17, 15) is 18.8 Å². The van der Waals surface area contributed by atoms with Crippen molar-refractivity contribution in [1.29, 1.82) is 0 Å². The maximum Gasteiger partial charge on any atom is 0.409 e. The average molecular weight is 399 g/mol. The van der Waals surface area contributed by atoms with E-state index in [4.69, 9.17) is 4.74 Å². The van der Waals surface area contributed by atoms with Gasteiger partial charge >= 0.3 is 6.09 Å². The van der Waals surface area contributed by atoms with Gasteiger partial charge in [0.2, 0.25) is 0 Å². The predicted molar refractivity (Wildman–Crippen MR) is 105 cm³/mol. The minimum absolute atomic E-state index is 0.204. The maximum absolute atomic E-state index is 13.0. The lowest BCUT2D eigenvalue weighted by Gasteiger charge is -2.34. The lowest BCUT2D eigenvalue weighted by molar-refractivity contribution is 0.0570. The first-order valence-corrected chi connectivity index (χ1v) is 9.36. The molecular weight excluding hydrogens is 377 g/mol. The van der Waals surface area contributed by atoms with E-state index in [2.05, 4.69) is 5.32 Å². The Balaban J connectivity index is 1.63. The molecule has 1 heterocycles. The zero-order valence-corrected chi connectivity index (χ0v) is 16.1. The van der Waals surface area contributed by atoms with E-state index in [1.165, 1.54) is 30.3 Å². The van der Waals surface area contributed by atoms with Gasteiger partial charge in [-0.2, -0.15) is 0 Å². The molecule has 1 aliphatic rings. The van der Waals surface area contributed by atoms with Crippen molar-refractivity contribution in [3.05, 3.63) is 65.5 Å². The van der Waals surface area contributed by atoms with Gasteiger partial charge in [0.1, 0.15) is 5.82 Å². The zero-order valence-electron chi connectivity index (χ0n) is 16.1. The van der Waals surface area contributed by atoms with Crippen LogP contribution in [0, 0.1) is 5.82 Å². The molecule has 152 valence electrons. The molecule has 7 nitrogen and oxygen atoms in total. The second-order valence-electron chi connectivity index (χ2n) is 6.52. The maximum atomic E-state index is 13.0. The van der Waals surface area contributed by atoms with Crippen LogP contribution in [0.5, 0.6) is 0 Å². The third kappa shape index (κ3) is 5.10. The highest BCUT2D eigenvalue weighted by Crippen LogP contribution is 2.14. The minimum atomic E-state index is -0.390. The zero-order chi connectivity index (χ0) is 20.8. The Morgan fingerprint density at radius 1 is 0.966 bits per heavy atom. The molecule has 0 atom stereocenters. The summed E-state index contributed by atoms with van der Waals surface area (Å²) in [5.41, 5.74) is 1.18. The molecule has 8 heteroatoms. The van der Waals surface area contributed by atoms with E-state index in [1.54, 1.807) is 34.9 Å². The number of rotatable bonds is 4. The highest BCUT2D eigenvalue weighted by Gasteiger charge is 2.25. The van der Waals surface area contributed by atoms with Crippen molar-refractivity contribution >= 4 is 23.6 Å². The van der Waals surface area contributed by atoms with Crippen LogP contribution in [0.15, 0.2) is 48.5 Å². The molecule has 1 aliphatic heterocycles. The number of hydrogen-bond donors (Lipinski definition) is 1. The van der Waals surface area contributed by atoms with Crippen molar-refractivity contribution in [2.45, 2.75) is 6.92 Å². The van der Waals surface area contributed by atoms with Crippen molar-refractivity contribution in [2.24, 2.45) is 0 Å². The first kappa shape index (κ1) is 20.3. The largest absolute Gasteiger partial charge is 0.450 e. The molecule has 0 aliphatic carbocycles. The summed E-state index contributed by atoms with van der Waals surface area (Å²) in [4.78, 5) is 40.2. The number of carbonyl (C=O) groups is 3. The first-order valence-electron chi connectivity index (χ1n) is 9.36. The van der Waals surface area contributed by atoms with Crippen LogP contribution in [0.1, 0.15) is 27.6 Å². The second kappa shape index (κ2) is 9.18. The lowest BCUT2D eigenvalue weighted by Crippen LogP contribution is -2.50. The number of piperazine rings is 1. The first-order chi connectivity index (χ1) is 14.0. The molecule has 1 saturated heterocycles. The van der Waals surface area contributed by atoms with Gasteiger partial charge in [-0.15, -0.1) is 0 Å². The molecule has 0 unspecified atom stereocenters. The molecule has 1 fully saturated rings. The number of amides is 3. The summed E-state index contributed by atoms with van der Waals surface area (Å²) in [6.07, 6.45) is -0.376. The van der Waals surface area contributed by atoms with Crippen molar-refractivity contribution in [1.82, 2.24) is 9.80 Å². The highest BCUT2D eigenvalue weighted by molar-refractivity contribution is 6.06. The average Bonchev–Trinajstić information content (AvgIpc) is 2.75. The van der Waals surface area contributed by atoms with Crippen molar-refractivity contribution < 1.29 is 23.5 Å². The van der Waals surface area contributed by atoms with Crippen LogP contribution >= 0.6 is 0 Å². The molecule has 29 heavy (non-hydrogen) atoms. The van der Waals surface area contributed by atoms with Gasteiger partial charge in [-0.05, 0) is 49.4 Å². The van der Waals surface area contributed by atoms with Gasteiger partial charge in [0.05, 0.1) is 6.61 Å². The number of halogens is 1. The van der Waals surface area contributed by atoms with Gasteiger partial charge in [-0.1, -0.05) is 6.07 Å². The molecule has 3 amide bonds. The van der Waals surface area contributed by atoms with E-state index in [0.717, 1.165) is 0 Å². The molecular formula is C21H22FN3O4. The lowest BCUT2D eigenvalue weighted by atomic mass is 10.1. The number of nitrogens with one attached hydrogen (secondary N) is 1. The number of carbonyl (C=O) groups excluding carboxylic acids is 3. The van der Waals surface area contributed by atoms with Crippen molar-refractivity contribution in [3.63, 3.8) is 0 Å². The molecule has 0 radical (unpaired) electrons. The predicted octanol–water partition coefficient (Wildman–Crippen LogP) is 2.99. The fourth-order valence-electron chi connectivity index (χ4n) is 3.02. The Labute approximate surface area is 168 Å². The van der Waals surface area contributed by atoms with E-state index in [1.807, 2.05) is 0 Å². The van der Waals surface area contributed by atoms with E-state index >= 15 is 0 Å². The monoisotopic (exact) mass is 399 g/mol. The summed E-state index contributed by atoms with van der Waals surface area (Å²) in [6, 6.07) is 11.9. The van der Waals surface area contributed by atoms with Crippen LogP contribution in [-0.4, -0.2) is 60.5 Å². The number of hydrogen-bond acceptors (Lipinski definition) is 4. The number of ether oxygens (including phenoxy) is 1. The molecule has 0 saturated carbocycles. The summed E-state index contributed by atoms with van der Waals surface area (Å²) >= 11 is 0. The number of benzene rings is 2. The Kier molecular flexibility index (Phi) is 6.43. The fourth-order valence-corrected chi connectivity index (χ4v) is 3.02. The highest BCUT2D eigenvalue weighted by atomic mass is 19.1. The summed E-state index contributed by atoms with van der Waals surface area (Å²) in [6.45, 7) is 3.64. The van der Waals surface area contributed by atoms with E-state index in [-0.39, 0.29) is 12.0 Å². The van der Waals surface area contributed by atoms with Gasteiger partial charge in [0, 0.05) is 43.0 Å². The molecule has 0 spiro atoms. The number of anilines is 1. The van der Waals surface area contributed by atoms with Gasteiger partial charge in [0.15, 0.2) is 0 Å². The Morgan fingerprint density at radius 2 is 1.59 bits per heavy atom. The SMILES string of the molecule is CCOC(=O)N1CCN(C(=O)c2cccc(C(=O)Nc3ccc(F)cc3)c2)CC1. The van der Waals surface area contributed by atoms with Crippen LogP contribution in [0.2, 0.25) is 0 Å². The van der Waals surface area contributed by atoms with Gasteiger partial charge in [0.25, 0.3) is 11.8 Å². The quantitative estimate of drug-likeness (QED) is 0.857. The standard InChI is InChI=1S/C21H22FN3O4/c1-2-29-21(28)25-12-10-24(11-13-25)20(27)16-5-3-4-15(14-16)19(26)23-18-8-6-17(22)7-9-18/h3-9,14H,2,10-13H2,1H3,(H,23,26). The summed E-state index contributed by atoms with van der Waals surface area (Å²) < 4.78 is 18.0. The van der Waals surface area contributed by atoms with Crippen LogP contribution < -0.4 is 5.32 Å². The second-order valence-corrected chi connectivity index (χ2v) is 6.52. The topological polar surface area (TPSA) is 79.0 Å². The van der Waals surface area contributed by atoms with E-state index < -0.39 is 11.7 Å². The van der Waals surface area contributed by atoms with Crippen LogP contribution in [0.3, 0.4) is 0 Å². The van der Waals surface area contributed by atoms with Gasteiger partial charge < -0.3 is 19.9 Å². The molecule has 0 aromatic heterocycles. The Hall–Kier alpha value is -3.42.